The molecule has 3 fully saturated rings. The van der Waals surface area contributed by atoms with Gasteiger partial charge < -0.3 is 14.5 Å². The predicted molar refractivity (Wildman–Crippen MR) is 142 cm³/mol. The van der Waals surface area contributed by atoms with Crippen molar-refractivity contribution in [1.29, 1.82) is 0 Å². The minimum atomic E-state index is -4.50. The molecular weight excluding hydrogens is 531 g/mol. The first-order valence-corrected chi connectivity index (χ1v) is 13.3. The van der Waals surface area contributed by atoms with Crippen LogP contribution in [0.4, 0.5) is 27.6 Å². The number of rotatable bonds is 7. The lowest BCUT2D eigenvalue weighted by Gasteiger charge is -2.61. The van der Waals surface area contributed by atoms with Crippen molar-refractivity contribution in [2.45, 2.75) is 25.1 Å². The van der Waals surface area contributed by atoms with E-state index in [1.54, 1.807) is 18.2 Å². The quantitative estimate of drug-likeness (QED) is 0.356. The van der Waals surface area contributed by atoms with E-state index in [0.29, 0.717) is 24.8 Å². The minimum absolute atomic E-state index is 0.0729. The summed E-state index contributed by atoms with van der Waals surface area (Å²) in [5, 5.41) is 0. The molecule has 2 heterocycles. The highest BCUT2D eigenvalue weighted by atomic mass is 19.4. The van der Waals surface area contributed by atoms with Gasteiger partial charge in [0, 0.05) is 65.1 Å². The average molecular weight is 565 g/mol. The van der Waals surface area contributed by atoms with Crippen molar-refractivity contribution < 1.29 is 31.5 Å². The normalized spacial score (nSPS) is 20.3. The first-order chi connectivity index (χ1) is 19.0. The Hall–Kier alpha value is -3.18. The standard InChI is InChI=1S/C29H33F5N4O2/c1-35(2)27(39)26-24(30)12-21(13-25(26)31)37-8-10-38(11-9-37)22-14-28(15-22)17-36(18-28)19-40-16-23(29(32,33)34)20-6-4-3-5-7-20/h3-7,12-13,16,22H,8-11,14-15,17-19H2,1-2H3/b23-16+. The fourth-order valence-corrected chi connectivity index (χ4v) is 6.11. The van der Waals surface area contributed by atoms with Gasteiger partial charge in [0.15, 0.2) is 0 Å². The van der Waals surface area contributed by atoms with Gasteiger partial charge in [-0.05, 0) is 36.0 Å². The van der Waals surface area contributed by atoms with Crippen molar-refractivity contribution >= 4 is 17.2 Å². The number of nitrogens with zero attached hydrogens (tertiary/aromatic N) is 4. The Labute approximate surface area is 230 Å². The van der Waals surface area contributed by atoms with Crippen molar-refractivity contribution in [3.63, 3.8) is 0 Å². The summed E-state index contributed by atoms with van der Waals surface area (Å²) in [5.74, 6) is -2.43. The Morgan fingerprint density at radius 1 is 1.02 bits per heavy atom. The molecule has 0 aromatic heterocycles. The van der Waals surface area contributed by atoms with E-state index in [1.807, 2.05) is 9.80 Å². The summed E-state index contributed by atoms with van der Waals surface area (Å²) in [6, 6.07) is 10.5. The zero-order valence-corrected chi connectivity index (χ0v) is 22.6. The monoisotopic (exact) mass is 564 g/mol. The molecule has 0 bridgehead atoms. The Kier molecular flexibility index (Phi) is 7.80. The number of hydrogen-bond acceptors (Lipinski definition) is 5. The Morgan fingerprint density at radius 3 is 2.17 bits per heavy atom. The van der Waals surface area contributed by atoms with E-state index in [4.69, 9.17) is 4.74 Å². The number of likely N-dealkylation sites (tertiary alicyclic amines) is 1. The minimum Gasteiger partial charge on any atom is -0.485 e. The summed E-state index contributed by atoms with van der Waals surface area (Å²) in [7, 11) is 2.90. The fourth-order valence-electron chi connectivity index (χ4n) is 6.11. The lowest BCUT2D eigenvalue weighted by atomic mass is 9.60. The summed E-state index contributed by atoms with van der Waals surface area (Å²) in [6.45, 7) is 4.47. The molecule has 11 heteroatoms. The smallest absolute Gasteiger partial charge is 0.419 e. The molecule has 3 aliphatic rings. The number of piperazine rings is 1. The van der Waals surface area contributed by atoms with E-state index < -0.39 is 34.9 Å². The van der Waals surface area contributed by atoms with Gasteiger partial charge in [-0.2, -0.15) is 13.2 Å². The Balaban J connectivity index is 1.07. The fraction of sp³-hybridized carbons (Fsp3) is 0.483. The van der Waals surface area contributed by atoms with Crippen molar-refractivity contribution in [1.82, 2.24) is 14.7 Å². The van der Waals surface area contributed by atoms with E-state index in [-0.39, 0.29) is 17.7 Å². The summed E-state index contributed by atoms with van der Waals surface area (Å²) in [6.07, 6.45) is -1.65. The maximum absolute atomic E-state index is 14.6. The average Bonchev–Trinajstić information content (AvgIpc) is 2.86. The highest BCUT2D eigenvalue weighted by Gasteiger charge is 2.53. The molecule has 0 N–H and O–H groups in total. The molecule has 216 valence electrons. The molecule has 0 atom stereocenters. The van der Waals surface area contributed by atoms with Crippen LogP contribution in [0.25, 0.3) is 5.57 Å². The SMILES string of the molecule is CN(C)C(=O)c1c(F)cc(N2CCN(C3CC4(C3)CN(CO/C=C(\c3ccccc3)C(F)(F)F)C4)CC2)cc1F. The number of allylic oxidation sites excluding steroid dienone is 1. The molecule has 0 unspecified atom stereocenters. The highest BCUT2D eigenvalue weighted by molar-refractivity contribution is 5.94. The van der Waals surface area contributed by atoms with Crippen molar-refractivity contribution in [3.8, 4) is 0 Å². The lowest BCUT2D eigenvalue weighted by molar-refractivity contribution is -0.135. The number of amides is 1. The zero-order valence-electron chi connectivity index (χ0n) is 22.6. The third kappa shape index (κ3) is 5.81. The van der Waals surface area contributed by atoms with Crippen LogP contribution in [0.2, 0.25) is 0 Å². The van der Waals surface area contributed by atoms with Gasteiger partial charge in [0.1, 0.15) is 23.9 Å². The van der Waals surface area contributed by atoms with Crippen LogP contribution in [-0.4, -0.2) is 92.9 Å². The number of carbonyl (C=O) groups is 1. The Bertz CT molecular complexity index is 1220. The molecule has 1 amide bonds. The number of hydrogen-bond donors (Lipinski definition) is 0. The van der Waals surface area contributed by atoms with E-state index in [0.717, 1.165) is 50.2 Å². The summed E-state index contributed by atoms with van der Waals surface area (Å²) < 4.78 is 74.8. The van der Waals surface area contributed by atoms with Gasteiger partial charge in [0.2, 0.25) is 0 Å². The van der Waals surface area contributed by atoms with E-state index >= 15 is 0 Å². The largest absolute Gasteiger partial charge is 0.485 e. The number of benzene rings is 2. The maximum Gasteiger partial charge on any atom is 0.419 e. The van der Waals surface area contributed by atoms with Crippen LogP contribution < -0.4 is 4.90 Å². The molecule has 1 aliphatic carbocycles. The second-order valence-corrected chi connectivity index (χ2v) is 11.2. The first kappa shape index (κ1) is 28.4. The predicted octanol–water partition coefficient (Wildman–Crippen LogP) is 4.83. The third-order valence-corrected chi connectivity index (χ3v) is 8.15. The van der Waals surface area contributed by atoms with Crippen LogP contribution in [0.3, 0.4) is 0 Å². The van der Waals surface area contributed by atoms with Crippen molar-refractivity contribution in [2.24, 2.45) is 5.41 Å². The molecule has 1 spiro atoms. The van der Waals surface area contributed by atoms with Crippen LogP contribution >= 0.6 is 0 Å². The molecule has 2 saturated heterocycles. The molecule has 0 radical (unpaired) electrons. The maximum atomic E-state index is 14.6. The molecule has 2 aromatic carbocycles. The molecular formula is C29H33F5N4O2. The number of carbonyl (C=O) groups excluding carboxylic acids is 1. The van der Waals surface area contributed by atoms with Crippen molar-refractivity contribution in [3.05, 3.63) is 71.5 Å². The van der Waals surface area contributed by atoms with Gasteiger partial charge in [0.05, 0.1) is 11.8 Å². The lowest BCUT2D eigenvalue weighted by Crippen LogP contribution is -2.67. The molecule has 1 saturated carbocycles. The van der Waals surface area contributed by atoms with Crippen molar-refractivity contribution in [2.75, 3.05) is 65.0 Å². The highest BCUT2D eigenvalue weighted by Crippen LogP contribution is 2.50. The van der Waals surface area contributed by atoms with Gasteiger partial charge in [-0.25, -0.2) is 8.78 Å². The third-order valence-electron chi connectivity index (χ3n) is 8.15. The van der Waals surface area contributed by atoms with Crippen LogP contribution in [0.1, 0.15) is 28.8 Å². The van der Waals surface area contributed by atoms with E-state index in [9.17, 15) is 26.7 Å². The first-order valence-electron chi connectivity index (χ1n) is 13.3. The summed E-state index contributed by atoms with van der Waals surface area (Å²) >= 11 is 0. The van der Waals surface area contributed by atoms with Crippen LogP contribution in [0.15, 0.2) is 48.7 Å². The van der Waals surface area contributed by atoms with Gasteiger partial charge in [0.25, 0.3) is 5.91 Å². The van der Waals surface area contributed by atoms with Gasteiger partial charge in [-0.3, -0.25) is 14.6 Å². The molecule has 2 aromatic rings. The summed E-state index contributed by atoms with van der Waals surface area (Å²) in [5.41, 5.74) is -0.652. The van der Waals surface area contributed by atoms with Gasteiger partial charge >= 0.3 is 6.18 Å². The molecule has 2 aliphatic heterocycles. The van der Waals surface area contributed by atoms with Crippen LogP contribution in [0.5, 0.6) is 0 Å². The second-order valence-electron chi connectivity index (χ2n) is 11.2. The number of halogens is 5. The molecule has 40 heavy (non-hydrogen) atoms. The zero-order chi connectivity index (χ0) is 28.7. The number of alkyl halides is 3. The van der Waals surface area contributed by atoms with E-state index in [2.05, 4.69) is 4.90 Å². The van der Waals surface area contributed by atoms with Gasteiger partial charge in [-0.15, -0.1) is 0 Å². The Morgan fingerprint density at radius 2 is 1.62 bits per heavy atom. The van der Waals surface area contributed by atoms with Crippen LogP contribution in [0, 0.1) is 17.0 Å². The van der Waals surface area contributed by atoms with E-state index in [1.165, 1.54) is 38.4 Å². The number of ether oxygens (including phenoxy) is 1. The van der Waals surface area contributed by atoms with Crippen LogP contribution in [-0.2, 0) is 4.74 Å². The number of anilines is 1. The second kappa shape index (κ2) is 11.0. The van der Waals surface area contributed by atoms with Gasteiger partial charge in [-0.1, -0.05) is 30.3 Å². The topological polar surface area (TPSA) is 39.3 Å². The molecule has 5 rings (SSSR count). The molecule has 6 nitrogen and oxygen atoms in total. The summed E-state index contributed by atoms with van der Waals surface area (Å²) in [4.78, 5) is 19.6.